The first-order valence-electron chi connectivity index (χ1n) is 9.44. The Morgan fingerprint density at radius 3 is 2.42 bits per heavy atom. The van der Waals surface area contributed by atoms with Gasteiger partial charge >= 0.3 is 0 Å². The highest BCUT2D eigenvalue weighted by Gasteiger charge is 2.26. The molecule has 5 heteroatoms. The standard InChI is InChI=1S/C21H29NO3S/c1-16-7-5-8-17(2)22(16)13-18(23)14-24-20-10-3-4-11-21(20)25-15-19-9-6-12-26-19/h3-4,6,9-12,16-18,23H,5,7-8,13-15H2,1-2H3. The van der Waals surface area contributed by atoms with Crippen LogP contribution in [0.5, 0.6) is 11.5 Å². The van der Waals surface area contributed by atoms with Gasteiger partial charge in [0, 0.05) is 23.5 Å². The summed E-state index contributed by atoms with van der Waals surface area (Å²) in [6.07, 6.45) is 3.18. The van der Waals surface area contributed by atoms with Gasteiger partial charge in [-0.2, -0.15) is 0 Å². The van der Waals surface area contributed by atoms with Crippen molar-refractivity contribution in [2.24, 2.45) is 0 Å². The third-order valence-electron chi connectivity index (χ3n) is 5.03. The average molecular weight is 376 g/mol. The van der Waals surface area contributed by atoms with Gasteiger partial charge in [0.05, 0.1) is 0 Å². The van der Waals surface area contributed by atoms with E-state index in [0.29, 0.717) is 36.7 Å². The number of hydrogen-bond donors (Lipinski definition) is 1. The molecule has 26 heavy (non-hydrogen) atoms. The van der Waals surface area contributed by atoms with Crippen molar-refractivity contribution in [1.29, 1.82) is 0 Å². The molecule has 1 fully saturated rings. The Kier molecular flexibility index (Phi) is 6.94. The lowest BCUT2D eigenvalue weighted by atomic mass is 9.97. The molecule has 0 saturated carbocycles. The van der Waals surface area contributed by atoms with Crippen LogP contribution in [-0.4, -0.2) is 41.3 Å². The number of nitrogens with zero attached hydrogens (tertiary/aromatic N) is 1. The predicted octanol–water partition coefficient (Wildman–Crippen LogP) is 4.33. The third-order valence-corrected chi connectivity index (χ3v) is 5.88. The van der Waals surface area contributed by atoms with Crippen LogP contribution in [0.3, 0.4) is 0 Å². The first-order chi connectivity index (χ1) is 12.6. The fourth-order valence-corrected chi connectivity index (χ4v) is 4.16. The van der Waals surface area contributed by atoms with E-state index in [0.717, 1.165) is 0 Å². The number of thiophene rings is 1. The first-order valence-corrected chi connectivity index (χ1v) is 10.3. The number of para-hydroxylation sites is 2. The van der Waals surface area contributed by atoms with Crippen LogP contribution in [0, 0.1) is 0 Å². The molecule has 3 unspecified atom stereocenters. The molecule has 2 aromatic rings. The minimum atomic E-state index is -0.511. The van der Waals surface area contributed by atoms with Crippen LogP contribution < -0.4 is 9.47 Å². The quantitative estimate of drug-likeness (QED) is 0.746. The Labute approximate surface area is 160 Å². The van der Waals surface area contributed by atoms with E-state index in [1.54, 1.807) is 11.3 Å². The maximum atomic E-state index is 10.5. The molecule has 3 atom stereocenters. The first kappa shape index (κ1) is 19.2. The lowest BCUT2D eigenvalue weighted by Gasteiger charge is -2.40. The minimum Gasteiger partial charge on any atom is -0.487 e. The van der Waals surface area contributed by atoms with Crippen molar-refractivity contribution in [2.75, 3.05) is 13.2 Å². The van der Waals surface area contributed by atoms with Crippen LogP contribution in [0.1, 0.15) is 38.0 Å². The van der Waals surface area contributed by atoms with Crippen molar-refractivity contribution in [3.8, 4) is 11.5 Å². The van der Waals surface area contributed by atoms with Crippen LogP contribution in [0.25, 0.3) is 0 Å². The van der Waals surface area contributed by atoms with Gasteiger partial charge in [-0.1, -0.05) is 24.6 Å². The smallest absolute Gasteiger partial charge is 0.161 e. The summed E-state index contributed by atoms with van der Waals surface area (Å²) < 4.78 is 11.8. The number of aliphatic hydroxyl groups is 1. The summed E-state index contributed by atoms with van der Waals surface area (Å²) in [4.78, 5) is 3.57. The van der Waals surface area contributed by atoms with Gasteiger partial charge < -0.3 is 14.6 Å². The van der Waals surface area contributed by atoms with Crippen molar-refractivity contribution < 1.29 is 14.6 Å². The second-order valence-corrected chi connectivity index (χ2v) is 8.14. The topological polar surface area (TPSA) is 41.9 Å². The normalized spacial score (nSPS) is 22.1. The zero-order valence-corrected chi connectivity index (χ0v) is 16.5. The maximum absolute atomic E-state index is 10.5. The van der Waals surface area contributed by atoms with Gasteiger partial charge in [0.15, 0.2) is 11.5 Å². The van der Waals surface area contributed by atoms with Crippen LogP contribution in [-0.2, 0) is 6.61 Å². The molecular formula is C21H29NO3S. The molecule has 142 valence electrons. The van der Waals surface area contributed by atoms with Crippen LogP contribution >= 0.6 is 11.3 Å². The highest BCUT2D eigenvalue weighted by Crippen LogP contribution is 2.28. The maximum Gasteiger partial charge on any atom is 0.161 e. The molecule has 2 heterocycles. The van der Waals surface area contributed by atoms with E-state index in [4.69, 9.17) is 9.47 Å². The minimum absolute atomic E-state index is 0.273. The number of likely N-dealkylation sites (tertiary alicyclic amines) is 1. The molecule has 4 nitrogen and oxygen atoms in total. The average Bonchev–Trinajstić information content (AvgIpc) is 3.16. The van der Waals surface area contributed by atoms with Gasteiger partial charge in [-0.15, -0.1) is 11.3 Å². The van der Waals surface area contributed by atoms with Gasteiger partial charge in [0.2, 0.25) is 0 Å². The summed E-state index contributed by atoms with van der Waals surface area (Å²) in [5.74, 6) is 1.40. The predicted molar refractivity (Wildman–Crippen MR) is 106 cm³/mol. The molecule has 1 aromatic carbocycles. The summed E-state index contributed by atoms with van der Waals surface area (Å²) in [6.45, 7) is 5.95. The van der Waals surface area contributed by atoms with Gasteiger partial charge in [0.1, 0.15) is 19.3 Å². The van der Waals surface area contributed by atoms with Crippen molar-refractivity contribution in [2.45, 2.75) is 57.9 Å². The number of rotatable bonds is 8. The van der Waals surface area contributed by atoms with Crippen molar-refractivity contribution in [3.63, 3.8) is 0 Å². The number of β-amino-alcohol motifs (C(OH)–C–C–N with tert-alkyl or cyclic N) is 1. The van der Waals surface area contributed by atoms with E-state index in [1.807, 2.05) is 35.7 Å². The molecule has 0 bridgehead atoms. The second-order valence-electron chi connectivity index (χ2n) is 7.11. The molecular weight excluding hydrogens is 346 g/mol. The van der Waals surface area contributed by atoms with Crippen molar-refractivity contribution >= 4 is 11.3 Å². The highest BCUT2D eigenvalue weighted by molar-refractivity contribution is 7.09. The largest absolute Gasteiger partial charge is 0.487 e. The van der Waals surface area contributed by atoms with Gasteiger partial charge in [-0.05, 0) is 50.3 Å². The zero-order chi connectivity index (χ0) is 18.4. The summed E-state index contributed by atoms with van der Waals surface area (Å²) in [5, 5.41) is 12.5. The summed E-state index contributed by atoms with van der Waals surface area (Å²) >= 11 is 1.67. The Bertz CT molecular complexity index is 651. The van der Waals surface area contributed by atoms with E-state index in [2.05, 4.69) is 24.8 Å². The Hall–Kier alpha value is -1.56. The number of ether oxygens (including phenoxy) is 2. The van der Waals surface area contributed by atoms with E-state index in [-0.39, 0.29) is 6.61 Å². The van der Waals surface area contributed by atoms with Crippen LogP contribution in [0.2, 0.25) is 0 Å². The monoisotopic (exact) mass is 375 g/mol. The Morgan fingerprint density at radius 1 is 1.08 bits per heavy atom. The molecule has 1 saturated heterocycles. The number of piperidine rings is 1. The Morgan fingerprint density at radius 2 is 1.77 bits per heavy atom. The lowest BCUT2D eigenvalue weighted by Crippen LogP contribution is -2.48. The number of hydrogen-bond acceptors (Lipinski definition) is 5. The third kappa shape index (κ3) is 5.22. The molecule has 0 aliphatic carbocycles. The summed E-state index contributed by atoms with van der Waals surface area (Å²) in [6, 6.07) is 12.8. The molecule has 0 radical (unpaired) electrons. The fraction of sp³-hybridized carbons (Fsp3) is 0.524. The Balaban J connectivity index is 1.52. The second kappa shape index (κ2) is 9.40. The van der Waals surface area contributed by atoms with E-state index >= 15 is 0 Å². The van der Waals surface area contributed by atoms with E-state index in [9.17, 15) is 5.11 Å². The van der Waals surface area contributed by atoms with Crippen molar-refractivity contribution in [1.82, 2.24) is 4.90 Å². The van der Waals surface area contributed by atoms with Gasteiger partial charge in [0.25, 0.3) is 0 Å². The number of aliphatic hydroxyl groups excluding tert-OH is 1. The highest BCUT2D eigenvalue weighted by atomic mass is 32.1. The molecule has 0 amide bonds. The molecule has 1 aromatic heterocycles. The van der Waals surface area contributed by atoms with Gasteiger partial charge in [-0.3, -0.25) is 4.90 Å². The van der Waals surface area contributed by atoms with E-state index in [1.165, 1.54) is 24.1 Å². The molecule has 3 rings (SSSR count). The molecule has 1 aliphatic rings. The SMILES string of the molecule is CC1CCCC(C)N1CC(O)COc1ccccc1OCc1cccs1. The van der Waals surface area contributed by atoms with E-state index < -0.39 is 6.10 Å². The molecule has 0 spiro atoms. The van der Waals surface area contributed by atoms with Gasteiger partial charge in [-0.25, -0.2) is 0 Å². The lowest BCUT2D eigenvalue weighted by molar-refractivity contribution is 0.0203. The fourth-order valence-electron chi connectivity index (χ4n) is 3.55. The molecule has 1 aliphatic heterocycles. The summed E-state index contributed by atoms with van der Waals surface area (Å²) in [7, 11) is 0. The van der Waals surface area contributed by atoms with Crippen molar-refractivity contribution in [3.05, 3.63) is 46.7 Å². The summed E-state index contributed by atoms with van der Waals surface area (Å²) in [5.41, 5.74) is 0. The van der Waals surface area contributed by atoms with Crippen LogP contribution in [0.15, 0.2) is 41.8 Å². The zero-order valence-electron chi connectivity index (χ0n) is 15.6. The van der Waals surface area contributed by atoms with Crippen LogP contribution in [0.4, 0.5) is 0 Å². The number of benzene rings is 1. The molecule has 1 N–H and O–H groups in total.